The van der Waals surface area contributed by atoms with Crippen LogP contribution in [0, 0.1) is 6.92 Å². The summed E-state index contributed by atoms with van der Waals surface area (Å²) in [6.45, 7) is 5.64. The molecule has 3 N–H and O–H groups in total. The summed E-state index contributed by atoms with van der Waals surface area (Å²) >= 11 is 3.66. The van der Waals surface area contributed by atoms with E-state index >= 15 is 0 Å². The third-order valence-electron chi connectivity index (χ3n) is 5.06. The predicted octanol–water partition coefficient (Wildman–Crippen LogP) is 5.52. The number of nitrogens with one attached hydrogen (secondary N) is 3. The Morgan fingerprint density at radius 2 is 1.71 bits per heavy atom. The molecule has 0 amide bonds. The zero-order chi connectivity index (χ0) is 21.8. The number of aromatic nitrogens is 2. The fraction of sp³-hybridized carbons (Fsp3) is 0.208. The van der Waals surface area contributed by atoms with Gasteiger partial charge in [-0.1, -0.05) is 40.2 Å². The Hall–Kier alpha value is -3.19. The van der Waals surface area contributed by atoms with Crippen molar-refractivity contribution in [2.45, 2.75) is 27.0 Å². The van der Waals surface area contributed by atoms with Crippen LogP contribution in [0.2, 0.25) is 0 Å². The first kappa shape index (κ1) is 21.1. The van der Waals surface area contributed by atoms with Gasteiger partial charge < -0.3 is 24.8 Å². The second kappa shape index (κ2) is 9.31. The zero-order valence-electron chi connectivity index (χ0n) is 17.4. The number of imidazole rings is 1. The van der Waals surface area contributed by atoms with Gasteiger partial charge in [-0.15, -0.1) is 0 Å². The van der Waals surface area contributed by atoms with E-state index in [1.807, 2.05) is 49.4 Å². The van der Waals surface area contributed by atoms with Crippen molar-refractivity contribution in [2.24, 2.45) is 0 Å². The molecule has 31 heavy (non-hydrogen) atoms. The molecule has 0 aliphatic carbocycles. The molecule has 1 aromatic heterocycles. The minimum Gasteiger partial charge on any atom is -0.490 e. The van der Waals surface area contributed by atoms with E-state index in [-0.39, 0.29) is 5.69 Å². The minimum absolute atomic E-state index is 0.211. The van der Waals surface area contributed by atoms with Crippen LogP contribution in [-0.4, -0.2) is 16.6 Å². The van der Waals surface area contributed by atoms with Gasteiger partial charge in [-0.3, -0.25) is 0 Å². The number of ether oxygens (including phenoxy) is 2. The number of halogens is 1. The molecule has 0 unspecified atom stereocenters. The Kier molecular flexibility index (Phi) is 6.32. The average Bonchev–Trinajstić information content (AvgIpc) is 3.13. The van der Waals surface area contributed by atoms with Crippen LogP contribution in [0.1, 0.15) is 23.6 Å². The van der Waals surface area contributed by atoms with Crippen molar-refractivity contribution in [3.63, 3.8) is 0 Å². The van der Waals surface area contributed by atoms with Crippen molar-refractivity contribution < 1.29 is 9.47 Å². The van der Waals surface area contributed by atoms with Gasteiger partial charge in [0.25, 0.3) is 0 Å². The molecular formula is C24H24BrN3O3. The third kappa shape index (κ3) is 4.94. The summed E-state index contributed by atoms with van der Waals surface area (Å²) in [5.41, 5.74) is 5.63. The average molecular weight is 482 g/mol. The van der Waals surface area contributed by atoms with Crippen LogP contribution in [0.15, 0.2) is 63.9 Å². The third-order valence-corrected chi connectivity index (χ3v) is 5.79. The zero-order valence-corrected chi connectivity index (χ0v) is 19.0. The van der Waals surface area contributed by atoms with E-state index in [2.05, 4.69) is 50.3 Å². The first-order chi connectivity index (χ1) is 15.0. The maximum atomic E-state index is 11.5. The number of anilines is 1. The fourth-order valence-corrected chi connectivity index (χ4v) is 3.82. The Balaban J connectivity index is 1.51. The van der Waals surface area contributed by atoms with Gasteiger partial charge in [0.1, 0.15) is 6.61 Å². The summed E-state index contributed by atoms with van der Waals surface area (Å²) in [5.74, 6) is 1.41. The molecule has 160 valence electrons. The summed E-state index contributed by atoms with van der Waals surface area (Å²) in [4.78, 5) is 17.0. The Morgan fingerprint density at radius 3 is 2.52 bits per heavy atom. The molecule has 3 aromatic carbocycles. The van der Waals surface area contributed by atoms with Crippen LogP contribution in [0.3, 0.4) is 0 Å². The number of rotatable bonds is 8. The Morgan fingerprint density at radius 1 is 0.935 bits per heavy atom. The predicted molar refractivity (Wildman–Crippen MR) is 127 cm³/mol. The number of fused-ring (bicyclic) bond motifs is 1. The molecule has 0 atom stereocenters. The largest absolute Gasteiger partial charge is 0.490 e. The highest BCUT2D eigenvalue weighted by atomic mass is 79.9. The quantitative estimate of drug-likeness (QED) is 0.309. The highest BCUT2D eigenvalue weighted by Gasteiger charge is 2.12. The molecule has 0 bridgehead atoms. The van der Waals surface area contributed by atoms with E-state index in [0.717, 1.165) is 32.3 Å². The van der Waals surface area contributed by atoms with E-state index in [1.165, 1.54) is 5.56 Å². The van der Waals surface area contributed by atoms with Crippen LogP contribution < -0.4 is 20.5 Å². The number of benzene rings is 3. The van der Waals surface area contributed by atoms with Crippen molar-refractivity contribution >= 4 is 32.7 Å². The molecule has 0 saturated carbocycles. The summed E-state index contributed by atoms with van der Waals surface area (Å²) in [6.07, 6.45) is 0. The first-order valence-electron chi connectivity index (χ1n) is 10.1. The van der Waals surface area contributed by atoms with Crippen molar-refractivity contribution in [3.05, 3.63) is 86.2 Å². The molecule has 4 aromatic rings. The summed E-state index contributed by atoms with van der Waals surface area (Å²) in [7, 11) is 0. The first-order valence-corrected chi connectivity index (χ1v) is 10.9. The van der Waals surface area contributed by atoms with Gasteiger partial charge in [0, 0.05) is 16.7 Å². The monoisotopic (exact) mass is 481 g/mol. The van der Waals surface area contributed by atoms with Crippen LogP contribution >= 0.6 is 15.9 Å². The molecule has 7 heteroatoms. The maximum absolute atomic E-state index is 11.5. The molecular weight excluding hydrogens is 458 g/mol. The molecule has 0 aliphatic heterocycles. The number of aryl methyl sites for hydroxylation is 1. The smallest absolute Gasteiger partial charge is 0.323 e. The van der Waals surface area contributed by atoms with Gasteiger partial charge in [0.05, 0.1) is 17.6 Å². The lowest BCUT2D eigenvalue weighted by Gasteiger charge is -2.16. The lowest BCUT2D eigenvalue weighted by molar-refractivity contribution is 0.268. The van der Waals surface area contributed by atoms with Gasteiger partial charge in [-0.2, -0.15) is 0 Å². The Labute approximate surface area is 188 Å². The Bertz CT molecular complexity index is 1260. The number of aromatic amines is 2. The number of hydrogen-bond donors (Lipinski definition) is 3. The number of hydrogen-bond acceptors (Lipinski definition) is 4. The SMILES string of the molecule is CCOc1cc(CNc2ccc3[nH]c(=O)[nH]c3c2)c(Br)cc1OCc1ccccc1C. The van der Waals surface area contributed by atoms with E-state index in [4.69, 9.17) is 9.47 Å². The summed E-state index contributed by atoms with van der Waals surface area (Å²) in [5, 5.41) is 3.39. The molecule has 0 radical (unpaired) electrons. The van der Waals surface area contributed by atoms with E-state index in [9.17, 15) is 4.79 Å². The standard InChI is InChI=1S/C24H24BrN3O3/c1-3-30-22-10-17(13-26-18-8-9-20-21(11-18)28-24(29)27-20)19(25)12-23(22)31-14-16-7-5-4-6-15(16)2/h4-12,26H,3,13-14H2,1-2H3,(H2,27,28,29). The molecule has 4 rings (SSSR count). The van der Waals surface area contributed by atoms with Crippen molar-refractivity contribution in [3.8, 4) is 11.5 Å². The molecule has 0 fully saturated rings. The topological polar surface area (TPSA) is 79.1 Å². The molecule has 0 spiro atoms. The number of H-pyrrole nitrogens is 2. The second-order valence-corrected chi connectivity index (χ2v) is 8.09. The molecule has 6 nitrogen and oxygen atoms in total. The van der Waals surface area contributed by atoms with Gasteiger partial charge in [-0.25, -0.2) is 4.79 Å². The normalized spacial score (nSPS) is 10.9. The van der Waals surface area contributed by atoms with Crippen LogP contribution in [0.4, 0.5) is 5.69 Å². The van der Waals surface area contributed by atoms with Crippen LogP contribution in [0.25, 0.3) is 11.0 Å². The van der Waals surface area contributed by atoms with Gasteiger partial charge >= 0.3 is 5.69 Å². The molecule has 0 aliphatic rings. The van der Waals surface area contributed by atoms with Crippen LogP contribution in [0.5, 0.6) is 11.5 Å². The highest BCUT2D eigenvalue weighted by Crippen LogP contribution is 2.35. The lowest BCUT2D eigenvalue weighted by Crippen LogP contribution is -2.04. The van der Waals surface area contributed by atoms with E-state index in [1.54, 1.807) is 0 Å². The lowest BCUT2D eigenvalue weighted by atomic mass is 10.1. The van der Waals surface area contributed by atoms with E-state index in [0.29, 0.717) is 31.3 Å². The summed E-state index contributed by atoms with van der Waals surface area (Å²) in [6, 6.07) is 17.8. The van der Waals surface area contributed by atoms with Crippen LogP contribution in [-0.2, 0) is 13.2 Å². The van der Waals surface area contributed by atoms with Crippen molar-refractivity contribution in [1.29, 1.82) is 0 Å². The molecule has 1 heterocycles. The molecule has 0 saturated heterocycles. The maximum Gasteiger partial charge on any atom is 0.323 e. The fourth-order valence-electron chi connectivity index (χ4n) is 3.36. The van der Waals surface area contributed by atoms with Crippen molar-refractivity contribution in [1.82, 2.24) is 9.97 Å². The summed E-state index contributed by atoms with van der Waals surface area (Å²) < 4.78 is 12.9. The van der Waals surface area contributed by atoms with Gasteiger partial charge in [0.15, 0.2) is 11.5 Å². The van der Waals surface area contributed by atoms with Gasteiger partial charge in [0.2, 0.25) is 0 Å². The minimum atomic E-state index is -0.211. The van der Waals surface area contributed by atoms with Gasteiger partial charge in [-0.05, 0) is 60.9 Å². The van der Waals surface area contributed by atoms with E-state index < -0.39 is 0 Å². The van der Waals surface area contributed by atoms with Crippen molar-refractivity contribution in [2.75, 3.05) is 11.9 Å². The second-order valence-electron chi connectivity index (χ2n) is 7.23. The highest BCUT2D eigenvalue weighted by molar-refractivity contribution is 9.10.